The van der Waals surface area contributed by atoms with Gasteiger partial charge in [0.1, 0.15) is 18.5 Å². The molecule has 1 atom stereocenters. The molecule has 6 heteroatoms. The normalized spacial score (nSPS) is 12.5. The van der Waals surface area contributed by atoms with Crippen LogP contribution in [0.1, 0.15) is 0 Å². The molecule has 0 aliphatic carbocycles. The quantitative estimate of drug-likeness (QED) is 0.402. The van der Waals surface area contributed by atoms with Crippen LogP contribution in [-0.4, -0.2) is 22.4 Å². The van der Waals surface area contributed by atoms with Crippen LogP contribution in [-0.2, 0) is 6.54 Å². The highest BCUT2D eigenvalue weighted by Gasteiger charge is 2.16. The van der Waals surface area contributed by atoms with Gasteiger partial charge in [-0.15, -0.1) is 0 Å². The van der Waals surface area contributed by atoms with Gasteiger partial charge in [-0.2, -0.15) is 4.73 Å². The lowest BCUT2D eigenvalue weighted by molar-refractivity contribution is -0.603. The van der Waals surface area contributed by atoms with Crippen LogP contribution in [0.25, 0.3) is 21.8 Å². The third-order valence-corrected chi connectivity index (χ3v) is 4.81. The van der Waals surface area contributed by atoms with E-state index in [1.165, 1.54) is 6.20 Å². The summed E-state index contributed by atoms with van der Waals surface area (Å²) in [4.78, 5) is 0. The van der Waals surface area contributed by atoms with Crippen molar-refractivity contribution in [2.45, 2.75) is 12.6 Å². The molecule has 2 heterocycles. The summed E-state index contributed by atoms with van der Waals surface area (Å²) in [7, 11) is 0. The molecule has 0 aliphatic heterocycles. The van der Waals surface area contributed by atoms with E-state index >= 15 is 0 Å². The molecule has 0 amide bonds. The third-order valence-electron chi connectivity index (χ3n) is 4.32. The number of hydrogen-bond donors (Lipinski definition) is 1. The van der Waals surface area contributed by atoms with Crippen molar-refractivity contribution in [2.24, 2.45) is 0 Å². The Morgan fingerprint density at radius 3 is 2.65 bits per heavy atom. The first kappa shape index (κ1) is 16.9. The largest absolute Gasteiger partial charge is 0.619 e. The Bertz CT molecular complexity index is 1000. The van der Waals surface area contributed by atoms with E-state index in [0.29, 0.717) is 6.54 Å². The van der Waals surface area contributed by atoms with Gasteiger partial charge in [0.25, 0.3) is 0 Å². The maximum Gasteiger partial charge on any atom is 0.190 e. The van der Waals surface area contributed by atoms with Crippen molar-refractivity contribution in [1.82, 2.24) is 4.57 Å². The lowest BCUT2D eigenvalue weighted by Crippen LogP contribution is -2.25. The molecule has 1 N–H and O–H groups in total. The van der Waals surface area contributed by atoms with Gasteiger partial charge >= 0.3 is 0 Å². The van der Waals surface area contributed by atoms with E-state index in [2.05, 4.69) is 15.9 Å². The highest BCUT2D eigenvalue weighted by molar-refractivity contribution is 9.10. The Balaban J connectivity index is 1.66. The number of aliphatic hydroxyl groups is 1. The summed E-state index contributed by atoms with van der Waals surface area (Å²) in [5.41, 5.74) is 1.87. The van der Waals surface area contributed by atoms with Crippen molar-refractivity contribution >= 4 is 37.7 Å². The topological polar surface area (TPSA) is 61.3 Å². The van der Waals surface area contributed by atoms with Gasteiger partial charge in [0.15, 0.2) is 12.4 Å². The molecule has 0 radical (unpaired) electrons. The van der Waals surface area contributed by atoms with Crippen LogP contribution in [0.2, 0.25) is 0 Å². The van der Waals surface area contributed by atoms with Gasteiger partial charge in [0.05, 0.1) is 17.4 Å². The minimum absolute atomic E-state index is 0.191. The molecule has 5 nitrogen and oxygen atoms in total. The van der Waals surface area contributed by atoms with Crippen LogP contribution in [0, 0.1) is 5.21 Å². The Kier molecular flexibility index (Phi) is 4.53. The monoisotopic (exact) mass is 412 g/mol. The summed E-state index contributed by atoms with van der Waals surface area (Å²) < 4.78 is 9.41. The number of pyridine rings is 1. The molecule has 0 saturated heterocycles. The molecule has 4 rings (SSSR count). The summed E-state index contributed by atoms with van der Waals surface area (Å²) in [6, 6.07) is 17.1. The molecule has 0 bridgehead atoms. The SMILES string of the molecule is [O-][n+]1ccc2c(c1)c1cc(Br)ccc1n2CC(O)COc1ccccc1. The van der Waals surface area contributed by atoms with Gasteiger partial charge in [-0.25, -0.2) is 0 Å². The lowest BCUT2D eigenvalue weighted by atomic mass is 10.2. The molecule has 0 fully saturated rings. The third kappa shape index (κ3) is 3.25. The van der Waals surface area contributed by atoms with Crippen LogP contribution in [0.15, 0.2) is 71.5 Å². The Morgan fingerprint density at radius 1 is 1.08 bits per heavy atom. The zero-order chi connectivity index (χ0) is 18.1. The summed E-state index contributed by atoms with van der Waals surface area (Å²) in [5, 5.41) is 24.0. The van der Waals surface area contributed by atoms with Crippen molar-refractivity contribution in [3.63, 3.8) is 0 Å². The maximum atomic E-state index is 11.7. The summed E-state index contributed by atoms with van der Waals surface area (Å²) in [5.74, 6) is 0.727. The summed E-state index contributed by atoms with van der Waals surface area (Å²) in [6.07, 6.45) is 2.35. The van der Waals surface area contributed by atoms with Crippen LogP contribution < -0.4 is 9.47 Å². The van der Waals surface area contributed by atoms with E-state index in [9.17, 15) is 10.3 Å². The van der Waals surface area contributed by atoms with Gasteiger partial charge < -0.3 is 19.6 Å². The first-order valence-electron chi connectivity index (χ1n) is 8.28. The van der Waals surface area contributed by atoms with E-state index < -0.39 is 6.10 Å². The van der Waals surface area contributed by atoms with Crippen LogP contribution >= 0.6 is 15.9 Å². The van der Waals surface area contributed by atoms with Crippen molar-refractivity contribution in [3.8, 4) is 5.75 Å². The average Bonchev–Trinajstić information content (AvgIpc) is 2.93. The number of rotatable bonds is 5. The van der Waals surface area contributed by atoms with Crippen molar-refractivity contribution < 1.29 is 14.6 Å². The van der Waals surface area contributed by atoms with Gasteiger partial charge in [0, 0.05) is 21.4 Å². The molecule has 26 heavy (non-hydrogen) atoms. The van der Waals surface area contributed by atoms with Crippen LogP contribution in [0.3, 0.4) is 0 Å². The number of hydrogen-bond acceptors (Lipinski definition) is 3. The fourth-order valence-electron chi connectivity index (χ4n) is 3.17. The number of para-hydroxylation sites is 1. The Hall–Kier alpha value is -2.57. The number of aliphatic hydroxyl groups excluding tert-OH is 1. The van der Waals surface area contributed by atoms with Gasteiger partial charge in [0.2, 0.25) is 0 Å². The highest BCUT2D eigenvalue weighted by Crippen LogP contribution is 2.30. The zero-order valence-electron chi connectivity index (χ0n) is 13.9. The van der Waals surface area contributed by atoms with Crippen molar-refractivity contribution in [1.29, 1.82) is 0 Å². The highest BCUT2D eigenvalue weighted by atomic mass is 79.9. The van der Waals surface area contributed by atoms with Crippen molar-refractivity contribution in [2.75, 3.05) is 6.61 Å². The molecular formula is C20H17BrN2O3. The van der Waals surface area contributed by atoms with Gasteiger partial charge in [-0.05, 0) is 30.3 Å². The van der Waals surface area contributed by atoms with Gasteiger partial charge in [-0.3, -0.25) is 0 Å². The molecule has 1 unspecified atom stereocenters. The summed E-state index contributed by atoms with van der Waals surface area (Å²) in [6.45, 7) is 0.563. The van der Waals surface area contributed by atoms with Crippen molar-refractivity contribution in [3.05, 3.63) is 76.7 Å². The first-order chi connectivity index (χ1) is 12.6. The smallest absolute Gasteiger partial charge is 0.190 e. The van der Waals surface area contributed by atoms with E-state index in [1.54, 1.807) is 12.3 Å². The second kappa shape index (κ2) is 6.97. The second-order valence-electron chi connectivity index (χ2n) is 6.15. The number of aromatic nitrogens is 2. The Morgan fingerprint density at radius 2 is 1.85 bits per heavy atom. The number of benzene rings is 2. The molecule has 2 aromatic carbocycles. The first-order valence-corrected chi connectivity index (χ1v) is 9.07. The molecule has 0 aliphatic rings. The average molecular weight is 413 g/mol. The van der Waals surface area contributed by atoms with E-state index in [-0.39, 0.29) is 6.61 Å². The lowest BCUT2D eigenvalue weighted by Gasteiger charge is -2.15. The molecule has 132 valence electrons. The minimum atomic E-state index is -0.683. The van der Waals surface area contributed by atoms with E-state index in [4.69, 9.17) is 4.74 Å². The van der Waals surface area contributed by atoms with Crippen LogP contribution in [0.5, 0.6) is 5.75 Å². The second-order valence-corrected chi connectivity index (χ2v) is 7.07. The fourth-order valence-corrected chi connectivity index (χ4v) is 3.53. The molecule has 2 aromatic heterocycles. The van der Waals surface area contributed by atoms with Gasteiger partial charge in [-0.1, -0.05) is 34.1 Å². The molecule has 0 saturated carbocycles. The number of ether oxygens (including phenoxy) is 1. The number of fused-ring (bicyclic) bond motifs is 3. The molecule has 0 spiro atoms. The van der Waals surface area contributed by atoms with E-state index in [0.717, 1.165) is 36.8 Å². The fraction of sp³-hybridized carbons (Fsp3) is 0.150. The van der Waals surface area contributed by atoms with E-state index in [1.807, 2.05) is 53.1 Å². The zero-order valence-corrected chi connectivity index (χ0v) is 15.5. The predicted octanol–water partition coefficient (Wildman–Crippen LogP) is 3.63. The number of halogens is 1. The van der Waals surface area contributed by atoms with Crippen LogP contribution in [0.4, 0.5) is 0 Å². The molecule has 4 aromatic rings. The standard InChI is InChI=1S/C20H17BrN2O3/c21-14-6-7-19-17(10-14)18-12-22(25)9-8-20(18)23(19)11-15(24)13-26-16-4-2-1-3-5-16/h1-10,12,15,24H,11,13H2. The number of nitrogens with zero attached hydrogens (tertiary/aromatic N) is 2. The minimum Gasteiger partial charge on any atom is -0.619 e. The Labute approximate surface area is 158 Å². The molecular weight excluding hydrogens is 396 g/mol. The maximum absolute atomic E-state index is 11.7. The summed E-state index contributed by atoms with van der Waals surface area (Å²) >= 11 is 3.48. The predicted molar refractivity (Wildman–Crippen MR) is 104 cm³/mol.